The molecule has 0 aliphatic carbocycles. The highest BCUT2D eigenvalue weighted by Crippen LogP contribution is 2.29. The molecule has 3 unspecified atom stereocenters. The Balaban J connectivity index is 2.07. The van der Waals surface area contributed by atoms with Crippen LogP contribution in [0.2, 0.25) is 0 Å². The van der Waals surface area contributed by atoms with Crippen molar-refractivity contribution in [2.45, 2.75) is 44.9 Å². The molecule has 0 aromatic heterocycles. The standard InChI is InChI=1S/C14H20N2O3/c1-10(15-14(3)8-9-19-11(14)2)12-4-6-13(7-5-12)16(17)18/h4-7,10-11,15H,8-9H2,1-3H3. The van der Waals surface area contributed by atoms with Gasteiger partial charge in [0.15, 0.2) is 0 Å². The normalized spacial score (nSPS) is 28.3. The summed E-state index contributed by atoms with van der Waals surface area (Å²) in [5.74, 6) is 0. The molecule has 5 nitrogen and oxygen atoms in total. The second-order valence-electron chi connectivity index (χ2n) is 5.40. The zero-order chi connectivity index (χ0) is 14.0. The van der Waals surface area contributed by atoms with Gasteiger partial charge in [0.1, 0.15) is 0 Å². The summed E-state index contributed by atoms with van der Waals surface area (Å²) in [4.78, 5) is 10.2. The average Bonchev–Trinajstić information content (AvgIpc) is 2.69. The van der Waals surface area contributed by atoms with Crippen molar-refractivity contribution in [2.24, 2.45) is 0 Å². The summed E-state index contributed by atoms with van der Waals surface area (Å²) in [6.45, 7) is 7.07. The van der Waals surface area contributed by atoms with Crippen LogP contribution in [-0.4, -0.2) is 23.2 Å². The van der Waals surface area contributed by atoms with Gasteiger partial charge in [-0.15, -0.1) is 0 Å². The Morgan fingerprint density at radius 1 is 1.47 bits per heavy atom. The summed E-state index contributed by atoms with van der Waals surface area (Å²) < 4.78 is 5.60. The number of nitrogens with one attached hydrogen (secondary N) is 1. The first-order valence-electron chi connectivity index (χ1n) is 6.56. The molecule has 0 radical (unpaired) electrons. The molecule has 0 spiro atoms. The van der Waals surface area contributed by atoms with E-state index < -0.39 is 0 Å². The van der Waals surface area contributed by atoms with E-state index in [1.165, 1.54) is 0 Å². The lowest BCUT2D eigenvalue weighted by atomic mass is 9.92. The molecule has 0 saturated carbocycles. The molecule has 0 bridgehead atoms. The molecule has 3 atom stereocenters. The lowest BCUT2D eigenvalue weighted by Crippen LogP contribution is -2.48. The zero-order valence-corrected chi connectivity index (χ0v) is 11.6. The molecular formula is C14H20N2O3. The van der Waals surface area contributed by atoms with Crippen LogP contribution < -0.4 is 5.32 Å². The monoisotopic (exact) mass is 264 g/mol. The second kappa shape index (κ2) is 5.27. The molecule has 0 amide bonds. The van der Waals surface area contributed by atoms with E-state index in [4.69, 9.17) is 4.74 Å². The van der Waals surface area contributed by atoms with E-state index in [9.17, 15) is 10.1 Å². The van der Waals surface area contributed by atoms with Crippen molar-refractivity contribution in [1.29, 1.82) is 0 Å². The predicted octanol–water partition coefficient (Wildman–Crippen LogP) is 2.81. The van der Waals surface area contributed by atoms with Crippen molar-refractivity contribution in [3.8, 4) is 0 Å². The van der Waals surface area contributed by atoms with Gasteiger partial charge in [-0.05, 0) is 32.8 Å². The minimum absolute atomic E-state index is 0.0405. The van der Waals surface area contributed by atoms with Gasteiger partial charge in [0.05, 0.1) is 11.0 Å². The van der Waals surface area contributed by atoms with Crippen LogP contribution in [-0.2, 0) is 4.74 Å². The zero-order valence-electron chi connectivity index (χ0n) is 11.6. The Bertz CT molecular complexity index is 460. The molecule has 5 heteroatoms. The molecule has 1 aliphatic heterocycles. The first-order chi connectivity index (χ1) is 8.92. The van der Waals surface area contributed by atoms with Crippen molar-refractivity contribution in [3.63, 3.8) is 0 Å². The molecular weight excluding hydrogens is 244 g/mol. The number of nitro benzene ring substituents is 1. The average molecular weight is 264 g/mol. The minimum Gasteiger partial charge on any atom is -0.377 e. The van der Waals surface area contributed by atoms with E-state index in [-0.39, 0.29) is 28.3 Å². The molecule has 1 heterocycles. The van der Waals surface area contributed by atoms with E-state index in [0.717, 1.165) is 18.6 Å². The first-order valence-corrected chi connectivity index (χ1v) is 6.56. The highest BCUT2D eigenvalue weighted by Gasteiger charge is 2.37. The predicted molar refractivity (Wildman–Crippen MR) is 73.1 cm³/mol. The maximum absolute atomic E-state index is 10.6. The van der Waals surface area contributed by atoms with E-state index in [1.54, 1.807) is 24.3 Å². The SMILES string of the molecule is CC(NC1(C)CCOC1C)c1ccc([N+](=O)[O-])cc1. The quantitative estimate of drug-likeness (QED) is 0.671. The summed E-state index contributed by atoms with van der Waals surface area (Å²) in [6, 6.07) is 6.84. The molecule has 104 valence electrons. The molecule has 19 heavy (non-hydrogen) atoms. The Hall–Kier alpha value is -1.46. The van der Waals surface area contributed by atoms with Gasteiger partial charge in [-0.1, -0.05) is 12.1 Å². The molecule has 1 N–H and O–H groups in total. The van der Waals surface area contributed by atoms with Crippen LogP contribution in [0.25, 0.3) is 0 Å². The highest BCUT2D eigenvalue weighted by atomic mass is 16.6. The van der Waals surface area contributed by atoms with Crippen LogP contribution in [0.4, 0.5) is 5.69 Å². The Kier molecular flexibility index (Phi) is 3.87. The fraction of sp³-hybridized carbons (Fsp3) is 0.571. The number of ether oxygens (including phenoxy) is 1. The van der Waals surface area contributed by atoms with Crippen LogP contribution in [0.5, 0.6) is 0 Å². The fourth-order valence-corrected chi connectivity index (χ4v) is 2.49. The van der Waals surface area contributed by atoms with Gasteiger partial charge in [-0.2, -0.15) is 0 Å². The number of benzene rings is 1. The summed E-state index contributed by atoms with van der Waals surface area (Å²) in [5, 5.41) is 14.2. The number of hydrogen-bond acceptors (Lipinski definition) is 4. The van der Waals surface area contributed by atoms with Gasteiger partial charge in [0, 0.05) is 30.3 Å². The van der Waals surface area contributed by atoms with E-state index in [0.29, 0.717) is 0 Å². The third kappa shape index (κ3) is 2.93. The summed E-state index contributed by atoms with van der Waals surface area (Å²) in [6.07, 6.45) is 1.15. The van der Waals surface area contributed by atoms with Crippen molar-refractivity contribution >= 4 is 5.69 Å². The lowest BCUT2D eigenvalue weighted by molar-refractivity contribution is -0.384. The maximum atomic E-state index is 10.6. The number of nitro groups is 1. The smallest absolute Gasteiger partial charge is 0.269 e. The van der Waals surface area contributed by atoms with Gasteiger partial charge in [0.25, 0.3) is 5.69 Å². The van der Waals surface area contributed by atoms with Gasteiger partial charge in [0.2, 0.25) is 0 Å². The molecule has 2 rings (SSSR count). The summed E-state index contributed by atoms with van der Waals surface area (Å²) >= 11 is 0. The van der Waals surface area contributed by atoms with Gasteiger partial charge in [-0.3, -0.25) is 10.1 Å². The van der Waals surface area contributed by atoms with Crippen molar-refractivity contribution in [3.05, 3.63) is 39.9 Å². The van der Waals surface area contributed by atoms with Crippen LogP contribution in [0.15, 0.2) is 24.3 Å². The largest absolute Gasteiger partial charge is 0.377 e. The lowest BCUT2D eigenvalue weighted by Gasteiger charge is -2.32. The Morgan fingerprint density at radius 3 is 2.58 bits per heavy atom. The van der Waals surface area contributed by atoms with Crippen molar-refractivity contribution in [1.82, 2.24) is 5.32 Å². The van der Waals surface area contributed by atoms with Crippen LogP contribution in [0, 0.1) is 10.1 Å². The number of non-ortho nitro benzene ring substituents is 1. The van der Waals surface area contributed by atoms with E-state index >= 15 is 0 Å². The van der Waals surface area contributed by atoms with E-state index in [2.05, 4.69) is 26.1 Å². The van der Waals surface area contributed by atoms with Gasteiger partial charge < -0.3 is 10.1 Å². The number of hydrogen-bond donors (Lipinski definition) is 1. The Morgan fingerprint density at radius 2 is 2.11 bits per heavy atom. The fourth-order valence-electron chi connectivity index (χ4n) is 2.49. The van der Waals surface area contributed by atoms with Crippen LogP contribution in [0.3, 0.4) is 0 Å². The number of rotatable bonds is 4. The molecule has 1 fully saturated rings. The third-order valence-electron chi connectivity index (χ3n) is 4.04. The van der Waals surface area contributed by atoms with Crippen LogP contribution in [0.1, 0.15) is 38.8 Å². The molecule has 1 aromatic carbocycles. The Labute approximate surface area is 113 Å². The van der Waals surface area contributed by atoms with Crippen molar-refractivity contribution in [2.75, 3.05) is 6.61 Å². The topological polar surface area (TPSA) is 64.4 Å². The molecule has 1 aliphatic rings. The summed E-state index contributed by atoms with van der Waals surface area (Å²) in [7, 11) is 0. The molecule has 1 saturated heterocycles. The second-order valence-corrected chi connectivity index (χ2v) is 5.40. The van der Waals surface area contributed by atoms with Crippen LogP contribution >= 0.6 is 0 Å². The highest BCUT2D eigenvalue weighted by molar-refractivity contribution is 5.34. The summed E-state index contributed by atoms with van der Waals surface area (Å²) in [5.41, 5.74) is 1.13. The van der Waals surface area contributed by atoms with E-state index in [1.807, 2.05) is 0 Å². The maximum Gasteiger partial charge on any atom is 0.269 e. The van der Waals surface area contributed by atoms with Gasteiger partial charge in [-0.25, -0.2) is 0 Å². The first kappa shape index (κ1) is 14.0. The minimum atomic E-state index is -0.379. The third-order valence-corrected chi connectivity index (χ3v) is 4.04. The van der Waals surface area contributed by atoms with Gasteiger partial charge >= 0.3 is 0 Å². The number of nitrogens with zero attached hydrogens (tertiary/aromatic N) is 1. The molecule has 1 aromatic rings. The van der Waals surface area contributed by atoms with Crippen molar-refractivity contribution < 1.29 is 9.66 Å².